The van der Waals surface area contributed by atoms with Crippen LogP contribution in [-0.4, -0.2) is 5.91 Å². The smallest absolute Gasteiger partial charge is 0.257 e. The molecule has 0 bridgehead atoms. The molecule has 0 aliphatic rings. The molecule has 0 saturated carbocycles. The highest BCUT2D eigenvalue weighted by atomic mass is 19.1. The van der Waals surface area contributed by atoms with Crippen molar-refractivity contribution in [2.24, 2.45) is 0 Å². The van der Waals surface area contributed by atoms with Gasteiger partial charge in [0, 0.05) is 6.54 Å². The van der Waals surface area contributed by atoms with Crippen molar-refractivity contribution in [3.63, 3.8) is 0 Å². The van der Waals surface area contributed by atoms with E-state index in [2.05, 4.69) is 5.32 Å². The fourth-order valence-corrected chi connectivity index (χ4v) is 2.12. The predicted molar refractivity (Wildman–Crippen MR) is 77.8 cm³/mol. The van der Waals surface area contributed by atoms with E-state index in [0.29, 0.717) is 0 Å². The first-order chi connectivity index (χ1) is 10.0. The molecule has 0 atom stereocenters. The van der Waals surface area contributed by atoms with Crippen LogP contribution in [-0.2, 0) is 13.0 Å². The summed E-state index contributed by atoms with van der Waals surface area (Å²) in [6.07, 6.45) is 0.813. The van der Waals surface area contributed by atoms with Crippen molar-refractivity contribution in [2.45, 2.75) is 19.9 Å². The Morgan fingerprint density at radius 1 is 1.14 bits per heavy atom. The molecule has 0 radical (unpaired) electrons. The van der Waals surface area contributed by atoms with E-state index < -0.39 is 23.1 Å². The maximum Gasteiger partial charge on any atom is 0.257 e. The van der Waals surface area contributed by atoms with Gasteiger partial charge in [-0.15, -0.1) is 0 Å². The van der Waals surface area contributed by atoms with Gasteiger partial charge in [-0.2, -0.15) is 0 Å². The summed E-state index contributed by atoms with van der Waals surface area (Å²) in [5.74, 6) is -2.78. The van der Waals surface area contributed by atoms with Crippen molar-refractivity contribution >= 4 is 11.6 Å². The van der Waals surface area contributed by atoms with E-state index in [4.69, 9.17) is 5.73 Å². The van der Waals surface area contributed by atoms with Gasteiger partial charge in [-0.1, -0.05) is 31.2 Å². The average molecular weight is 290 g/mol. The average Bonchev–Trinajstić information content (AvgIpc) is 2.49. The highest BCUT2D eigenvalue weighted by Gasteiger charge is 2.19. The molecule has 0 heterocycles. The van der Waals surface area contributed by atoms with Crippen LogP contribution in [0, 0.1) is 11.6 Å². The Bertz CT molecular complexity index is 671. The van der Waals surface area contributed by atoms with Gasteiger partial charge in [-0.3, -0.25) is 4.79 Å². The fraction of sp³-hybridized carbons (Fsp3) is 0.188. The highest BCUT2D eigenvalue weighted by Crippen LogP contribution is 2.18. The van der Waals surface area contributed by atoms with Gasteiger partial charge >= 0.3 is 0 Å². The van der Waals surface area contributed by atoms with Gasteiger partial charge in [0.05, 0.1) is 5.69 Å². The highest BCUT2D eigenvalue weighted by molar-refractivity contribution is 5.95. The molecule has 0 aromatic heterocycles. The van der Waals surface area contributed by atoms with Crippen LogP contribution < -0.4 is 11.1 Å². The van der Waals surface area contributed by atoms with Crippen molar-refractivity contribution in [3.8, 4) is 0 Å². The van der Waals surface area contributed by atoms with Crippen LogP contribution in [0.3, 0.4) is 0 Å². The minimum atomic E-state index is -1.03. The Labute approximate surface area is 121 Å². The van der Waals surface area contributed by atoms with E-state index in [1.54, 1.807) is 0 Å². The molecule has 2 aromatic carbocycles. The Morgan fingerprint density at radius 2 is 1.81 bits per heavy atom. The predicted octanol–water partition coefficient (Wildman–Crippen LogP) is 3.04. The number of carbonyl (C=O) groups excluding carboxylic acids is 1. The molecule has 2 rings (SSSR count). The van der Waals surface area contributed by atoms with Crippen molar-refractivity contribution in [3.05, 3.63) is 64.7 Å². The Kier molecular flexibility index (Phi) is 4.52. The molecule has 3 N–H and O–H groups in total. The third-order valence-electron chi connectivity index (χ3n) is 3.29. The number of anilines is 1. The van der Waals surface area contributed by atoms with E-state index in [1.807, 2.05) is 31.2 Å². The van der Waals surface area contributed by atoms with Crippen molar-refractivity contribution < 1.29 is 13.6 Å². The Hall–Kier alpha value is -2.43. The number of hydrogen-bond donors (Lipinski definition) is 2. The molecule has 0 fully saturated rings. The van der Waals surface area contributed by atoms with Gasteiger partial charge in [0.1, 0.15) is 11.4 Å². The molecule has 110 valence electrons. The molecule has 0 unspecified atom stereocenters. The third-order valence-corrected chi connectivity index (χ3v) is 3.29. The lowest BCUT2D eigenvalue weighted by Gasteiger charge is -2.11. The van der Waals surface area contributed by atoms with Gasteiger partial charge in [0.15, 0.2) is 5.82 Å². The second-order valence-corrected chi connectivity index (χ2v) is 4.63. The zero-order valence-corrected chi connectivity index (χ0v) is 11.6. The van der Waals surface area contributed by atoms with Gasteiger partial charge in [0.2, 0.25) is 0 Å². The van der Waals surface area contributed by atoms with Gasteiger partial charge in [-0.05, 0) is 29.7 Å². The van der Waals surface area contributed by atoms with Crippen LogP contribution in [0.15, 0.2) is 36.4 Å². The first-order valence-corrected chi connectivity index (χ1v) is 6.63. The summed E-state index contributed by atoms with van der Waals surface area (Å²) in [7, 11) is 0. The molecule has 3 nitrogen and oxygen atoms in total. The standard InChI is InChI=1S/C16H16F2N2O/c1-2-10-5-3-4-6-11(10)9-20-16(21)14-12(17)7-8-13(19)15(14)18/h3-8H,2,9,19H2,1H3,(H,20,21). The summed E-state index contributed by atoms with van der Waals surface area (Å²) in [5.41, 5.74) is 6.45. The summed E-state index contributed by atoms with van der Waals surface area (Å²) in [6.45, 7) is 2.20. The zero-order chi connectivity index (χ0) is 15.4. The molecule has 2 aromatic rings. The summed E-state index contributed by atoms with van der Waals surface area (Å²) >= 11 is 0. The molecule has 21 heavy (non-hydrogen) atoms. The van der Waals surface area contributed by atoms with Crippen LogP contribution in [0.5, 0.6) is 0 Å². The molecule has 0 aliphatic carbocycles. The number of nitrogen functional groups attached to an aromatic ring is 1. The molecular weight excluding hydrogens is 274 g/mol. The quantitative estimate of drug-likeness (QED) is 0.850. The second-order valence-electron chi connectivity index (χ2n) is 4.63. The van der Waals surface area contributed by atoms with Gasteiger partial charge in [0.25, 0.3) is 5.91 Å². The monoisotopic (exact) mass is 290 g/mol. The summed E-state index contributed by atoms with van der Waals surface area (Å²) in [6, 6.07) is 9.64. The summed E-state index contributed by atoms with van der Waals surface area (Å²) in [5, 5.41) is 2.52. The zero-order valence-electron chi connectivity index (χ0n) is 11.6. The largest absolute Gasteiger partial charge is 0.396 e. The number of halogens is 2. The van der Waals surface area contributed by atoms with Crippen LogP contribution in [0.2, 0.25) is 0 Å². The topological polar surface area (TPSA) is 55.1 Å². The summed E-state index contributed by atoms with van der Waals surface area (Å²) in [4.78, 5) is 12.0. The number of nitrogens with two attached hydrogens (primary N) is 1. The van der Waals surface area contributed by atoms with Crippen LogP contribution in [0.4, 0.5) is 14.5 Å². The number of amides is 1. The maximum absolute atomic E-state index is 13.8. The first-order valence-electron chi connectivity index (χ1n) is 6.63. The first kappa shape index (κ1) is 15.0. The number of carbonyl (C=O) groups is 1. The minimum absolute atomic E-state index is 0.205. The van der Waals surface area contributed by atoms with Gasteiger partial charge < -0.3 is 11.1 Å². The molecule has 5 heteroatoms. The number of benzene rings is 2. The molecule has 0 spiro atoms. The molecular formula is C16H16F2N2O. The van der Waals surface area contributed by atoms with Crippen LogP contribution in [0.1, 0.15) is 28.4 Å². The van der Waals surface area contributed by atoms with Crippen molar-refractivity contribution in [2.75, 3.05) is 5.73 Å². The SMILES string of the molecule is CCc1ccccc1CNC(=O)c1c(F)ccc(N)c1F. The van der Waals surface area contributed by atoms with E-state index >= 15 is 0 Å². The van der Waals surface area contributed by atoms with E-state index in [0.717, 1.165) is 29.7 Å². The molecule has 0 aliphatic heterocycles. The number of aryl methyl sites for hydroxylation is 1. The van der Waals surface area contributed by atoms with Crippen LogP contribution in [0.25, 0.3) is 0 Å². The lowest BCUT2D eigenvalue weighted by Crippen LogP contribution is -2.26. The van der Waals surface area contributed by atoms with Crippen LogP contribution >= 0.6 is 0 Å². The van der Waals surface area contributed by atoms with Gasteiger partial charge in [-0.25, -0.2) is 8.78 Å². The molecule has 1 amide bonds. The lowest BCUT2D eigenvalue weighted by molar-refractivity contribution is 0.0942. The third kappa shape index (κ3) is 3.18. The lowest BCUT2D eigenvalue weighted by atomic mass is 10.1. The Balaban J connectivity index is 2.18. The van der Waals surface area contributed by atoms with E-state index in [1.165, 1.54) is 0 Å². The number of rotatable bonds is 4. The summed E-state index contributed by atoms with van der Waals surface area (Å²) < 4.78 is 27.4. The van der Waals surface area contributed by atoms with Crippen molar-refractivity contribution in [1.29, 1.82) is 0 Å². The van der Waals surface area contributed by atoms with Crippen molar-refractivity contribution in [1.82, 2.24) is 5.32 Å². The number of hydrogen-bond acceptors (Lipinski definition) is 2. The maximum atomic E-state index is 13.8. The molecule has 0 saturated heterocycles. The Morgan fingerprint density at radius 3 is 2.48 bits per heavy atom. The minimum Gasteiger partial charge on any atom is -0.396 e. The number of nitrogens with one attached hydrogen (secondary N) is 1. The van der Waals surface area contributed by atoms with E-state index in [9.17, 15) is 13.6 Å². The normalized spacial score (nSPS) is 10.4. The van der Waals surface area contributed by atoms with E-state index in [-0.39, 0.29) is 12.2 Å². The second kappa shape index (κ2) is 6.35. The fourth-order valence-electron chi connectivity index (χ4n) is 2.12.